The van der Waals surface area contributed by atoms with E-state index >= 15 is 0 Å². The molecular formula is C54H162O26Si27. The zero-order chi connectivity index (χ0) is 86.1. The third-order valence-electron chi connectivity index (χ3n) is 12.7. The molecule has 642 valence electrons. The fraction of sp³-hybridized carbons (Fsp3) is 1.00. The number of rotatable bonds is 52. The molecule has 0 aromatic carbocycles. The van der Waals surface area contributed by atoms with E-state index in [1.54, 1.807) is 0 Å². The monoisotopic (exact) mass is 1980 g/mol. The van der Waals surface area contributed by atoms with E-state index in [4.69, 9.17) is 107 Å². The number of hydrogen-bond acceptors (Lipinski definition) is 26. The predicted molar refractivity (Wildman–Crippen MR) is 500 cm³/mol. The van der Waals surface area contributed by atoms with Crippen LogP contribution in [0.25, 0.3) is 0 Å². The van der Waals surface area contributed by atoms with E-state index in [-0.39, 0.29) is 0 Å². The zero-order valence-corrected chi connectivity index (χ0v) is 105. The van der Waals surface area contributed by atoms with Crippen LogP contribution in [-0.2, 0) is 107 Å². The van der Waals surface area contributed by atoms with Crippen LogP contribution in [0.5, 0.6) is 0 Å². The van der Waals surface area contributed by atoms with Gasteiger partial charge in [0.2, 0.25) is 9.76 Å². The molecule has 26 nitrogen and oxygen atoms in total. The summed E-state index contributed by atoms with van der Waals surface area (Å²) in [5, 5.41) is 0. The maximum atomic E-state index is 7.01. The molecule has 0 aliphatic rings. The summed E-state index contributed by atoms with van der Waals surface area (Å²) in [5.41, 5.74) is 0. The molecule has 0 heterocycles. The van der Waals surface area contributed by atoms with Crippen LogP contribution in [-0.4, -0.2) is 232 Å². The van der Waals surface area contributed by atoms with Gasteiger partial charge in [-0.25, -0.2) is 0 Å². The minimum absolute atomic E-state index is 0.358. The van der Waals surface area contributed by atoms with Crippen molar-refractivity contribution in [1.82, 2.24) is 0 Å². The van der Waals surface area contributed by atoms with Gasteiger partial charge in [-0.1, -0.05) is 0 Å². The first kappa shape index (κ1) is 112. The molecule has 0 N–H and O–H groups in total. The number of hydrogen-bond donors (Lipinski definition) is 0. The lowest BCUT2D eigenvalue weighted by Gasteiger charge is -2.45. The van der Waals surface area contributed by atoms with Crippen LogP contribution in [0.15, 0.2) is 0 Å². The minimum Gasteiger partial charge on any atom is -0.437 e. The van der Waals surface area contributed by atoms with Gasteiger partial charge in [-0.2, -0.15) is 0 Å². The molecule has 0 spiro atoms. The maximum absolute atomic E-state index is 7.01. The minimum atomic E-state index is -2.91. The SMILES string of the molecule is C[Si]O[Si](C)(C)O[Si](C)(C)O[Si](C)(C)O[Si](C)(C)O[Si](C)(C)O[Si](C)(C)O[Si](C)(C)O[Si](C)(C)O[Si](C)(C)O[Si](C)(C)O[Si](C)(C)O[Si](C)(C)O[Si](C)(C)O[Si](C)(C)O[Si](C)(C)O[Si](C)(C)O[Si](C)(C)O[Si](C)(C)O[Si](C)(C)O[Si](C)(C)O[Si](C)(C)O[Si](C)(C)O[Si](C)(C)O[Si](C)(C)O[Si](C)(C)O[Si](C)(C)C. The van der Waals surface area contributed by atoms with Crippen molar-refractivity contribution in [2.45, 2.75) is 354 Å². The lowest BCUT2D eigenvalue weighted by atomic mass is 11.8. The highest BCUT2D eigenvalue weighted by atomic mass is 28.6. The summed E-state index contributed by atoms with van der Waals surface area (Å²) < 4.78 is 178. The Labute approximate surface area is 686 Å². The van der Waals surface area contributed by atoms with Crippen molar-refractivity contribution in [3.05, 3.63) is 0 Å². The Morgan fingerprint density at radius 1 is 0.103 bits per heavy atom. The van der Waals surface area contributed by atoms with Crippen molar-refractivity contribution < 1.29 is 107 Å². The second-order valence-electron chi connectivity index (χ2n) is 40.0. The summed E-state index contributed by atoms with van der Waals surface area (Å²) in [6.45, 7) is 112. The Morgan fingerprint density at radius 2 is 0.168 bits per heavy atom. The van der Waals surface area contributed by atoms with Gasteiger partial charge in [-0.05, 0) is 354 Å². The van der Waals surface area contributed by atoms with Gasteiger partial charge in [0.25, 0.3) is 0 Å². The highest BCUT2D eigenvalue weighted by Gasteiger charge is 2.57. The second kappa shape index (κ2) is 37.9. The van der Waals surface area contributed by atoms with Crippen molar-refractivity contribution in [1.29, 1.82) is 0 Å². The molecule has 0 saturated carbocycles. The Kier molecular flexibility index (Phi) is 39.6. The van der Waals surface area contributed by atoms with Crippen LogP contribution in [0.2, 0.25) is 354 Å². The third kappa shape index (κ3) is 52.0. The maximum Gasteiger partial charge on any atom is 0.314 e. The smallest absolute Gasteiger partial charge is 0.314 e. The van der Waals surface area contributed by atoms with Crippen molar-refractivity contribution in [2.75, 3.05) is 0 Å². The highest BCUT2D eigenvalue weighted by Crippen LogP contribution is 2.37. The molecule has 0 aromatic rings. The molecular weight excluding hydrogens is 1820 g/mol. The lowest BCUT2D eigenvalue weighted by molar-refractivity contribution is 0.245. The largest absolute Gasteiger partial charge is 0.437 e. The van der Waals surface area contributed by atoms with Gasteiger partial charge in [-0.3, -0.25) is 0 Å². The van der Waals surface area contributed by atoms with E-state index in [2.05, 4.69) is 347 Å². The van der Waals surface area contributed by atoms with Crippen LogP contribution < -0.4 is 0 Å². The fourth-order valence-electron chi connectivity index (χ4n) is 15.7. The summed E-state index contributed by atoms with van der Waals surface area (Å²) in [6.07, 6.45) is 0. The molecule has 53 heteroatoms. The molecule has 0 fully saturated rings. The fourth-order valence-corrected chi connectivity index (χ4v) is 151. The predicted octanol–water partition coefficient (Wildman–Crippen LogP) is 19.5. The average molecular weight is 1990 g/mol. The van der Waals surface area contributed by atoms with Crippen molar-refractivity contribution >= 4 is 232 Å². The van der Waals surface area contributed by atoms with E-state index in [0.29, 0.717) is 9.76 Å². The highest BCUT2D eigenvalue weighted by molar-refractivity contribution is 6.98. The first-order valence-electron chi connectivity index (χ1n) is 37.6. The Bertz CT molecular complexity index is 2790. The van der Waals surface area contributed by atoms with Gasteiger partial charge in [0.05, 0.1) is 0 Å². The zero-order valence-electron chi connectivity index (χ0n) is 78.1. The van der Waals surface area contributed by atoms with Crippen LogP contribution in [0.4, 0.5) is 0 Å². The first-order chi connectivity index (χ1) is 45.7. The van der Waals surface area contributed by atoms with E-state index in [1.807, 2.05) is 6.55 Å². The van der Waals surface area contributed by atoms with Crippen molar-refractivity contribution in [3.63, 3.8) is 0 Å². The molecule has 0 bridgehead atoms. The molecule has 107 heavy (non-hydrogen) atoms. The molecule has 0 rings (SSSR count). The summed E-state index contributed by atoms with van der Waals surface area (Å²) in [6, 6.07) is 0. The van der Waals surface area contributed by atoms with Crippen molar-refractivity contribution in [2.24, 2.45) is 0 Å². The van der Waals surface area contributed by atoms with Gasteiger partial charge in [-0.15, -0.1) is 0 Å². The molecule has 0 aliphatic carbocycles. The lowest BCUT2D eigenvalue weighted by Crippen LogP contribution is -2.63. The first-order valence-corrected chi connectivity index (χ1v) is 113. The topological polar surface area (TPSA) is 240 Å². The van der Waals surface area contributed by atoms with Crippen molar-refractivity contribution in [3.8, 4) is 0 Å². The molecule has 0 aromatic heterocycles. The molecule has 0 atom stereocenters. The van der Waals surface area contributed by atoms with E-state index in [1.165, 1.54) is 0 Å². The quantitative estimate of drug-likeness (QED) is 0.0514. The Hall–Kier alpha value is 4.82. The van der Waals surface area contributed by atoms with Gasteiger partial charge >= 0.3 is 214 Å². The summed E-state index contributed by atoms with van der Waals surface area (Å²) in [5.74, 6) is 0. The van der Waals surface area contributed by atoms with E-state index < -0.39 is 222 Å². The van der Waals surface area contributed by atoms with Crippen LogP contribution in [0.1, 0.15) is 0 Å². The summed E-state index contributed by atoms with van der Waals surface area (Å²) >= 11 is 0. The van der Waals surface area contributed by atoms with Gasteiger partial charge in [0, 0.05) is 0 Å². The Balaban J connectivity index is 5.92. The molecule has 0 unspecified atom stereocenters. The van der Waals surface area contributed by atoms with Gasteiger partial charge in [0.1, 0.15) is 0 Å². The molecule has 2 radical (unpaired) electrons. The summed E-state index contributed by atoms with van der Waals surface area (Å²) in [4.78, 5) is 0. The van der Waals surface area contributed by atoms with E-state index in [0.717, 1.165) is 0 Å². The third-order valence-corrected chi connectivity index (χ3v) is 114. The Morgan fingerprint density at radius 3 is 0.234 bits per heavy atom. The standard InChI is InChI=1S/C54H162O26Si27/c1-81-55-83(5,6)57-85(9,10)59-87(13,14)61-89(17,18)63-91(21,22)65-93(25,26)67-95(29,30)69-97(33,34)71-99(37,38)73-101(41,42)75-103(45,46)77-105(49,50)79-107(53,54)80-106(51,52)78-104(47,48)76-102(43,44)74-100(39,40)72-98(35,36)70-96(31,32)68-94(27,28)66-92(23,24)64-90(19,20)62-88(15,16)60-86(11,12)58-84(7,8)56-82(2,3)4/h1-54H3. The molecule has 0 amide bonds. The van der Waals surface area contributed by atoms with Gasteiger partial charge < -0.3 is 107 Å². The van der Waals surface area contributed by atoms with Crippen LogP contribution in [0, 0.1) is 0 Å². The normalized spacial score (nSPS) is 16.2. The van der Waals surface area contributed by atoms with Crippen LogP contribution >= 0.6 is 0 Å². The van der Waals surface area contributed by atoms with Gasteiger partial charge in [0.15, 0.2) is 8.32 Å². The van der Waals surface area contributed by atoms with E-state index in [9.17, 15) is 0 Å². The molecule has 0 aliphatic heterocycles. The van der Waals surface area contributed by atoms with Crippen LogP contribution in [0.3, 0.4) is 0 Å². The second-order valence-corrected chi connectivity index (χ2v) is 136. The molecule has 0 saturated heterocycles. The summed E-state index contributed by atoms with van der Waals surface area (Å²) in [7, 11) is -71.5. The average Bonchev–Trinajstić information content (AvgIpc) is 0.805.